The first kappa shape index (κ1) is 7.66. The van der Waals surface area contributed by atoms with E-state index >= 15 is 0 Å². The fourth-order valence-corrected chi connectivity index (χ4v) is 1.08. The van der Waals surface area contributed by atoms with Gasteiger partial charge < -0.3 is 10.3 Å². The molecule has 13 heavy (non-hydrogen) atoms. The van der Waals surface area contributed by atoms with E-state index < -0.39 is 5.69 Å². The van der Waals surface area contributed by atoms with Gasteiger partial charge in [0.25, 0.3) is 0 Å². The Hall–Kier alpha value is -1.98. The van der Waals surface area contributed by atoms with Crippen molar-refractivity contribution in [2.24, 2.45) is 17.8 Å². The molecule has 2 N–H and O–H groups in total. The number of hydrogen-bond donors (Lipinski definition) is 1. The second-order valence-corrected chi connectivity index (χ2v) is 2.70. The number of hydrogen-bond acceptors (Lipinski definition) is 5. The lowest BCUT2D eigenvalue weighted by atomic mass is 10.2. The summed E-state index contributed by atoms with van der Waals surface area (Å²) in [5.74, 6) is -0.378. The lowest BCUT2D eigenvalue weighted by Crippen LogP contribution is -2.22. The van der Waals surface area contributed by atoms with E-state index in [9.17, 15) is 9.59 Å². The lowest BCUT2D eigenvalue weighted by molar-refractivity contribution is 0.106. The second kappa shape index (κ2) is 2.25. The Labute approximate surface area is 72.7 Å². The zero-order chi connectivity index (χ0) is 9.59. The van der Waals surface area contributed by atoms with Crippen LogP contribution in [-0.2, 0) is 7.05 Å². The molecule has 66 valence electrons. The molecule has 1 aromatic heterocycles. The highest BCUT2D eigenvalue weighted by Crippen LogP contribution is 2.19. The van der Waals surface area contributed by atoms with Crippen molar-refractivity contribution in [3.8, 4) is 0 Å². The van der Waals surface area contributed by atoms with Crippen molar-refractivity contribution in [1.82, 2.24) is 9.55 Å². The van der Waals surface area contributed by atoms with Crippen LogP contribution in [0.25, 0.3) is 0 Å². The number of Topliss-reactive ketones (excluding diaryl/α,β-unsaturated/α-hetero) is 1. The van der Waals surface area contributed by atoms with Crippen LogP contribution in [0, 0.1) is 0 Å². The van der Waals surface area contributed by atoms with Gasteiger partial charge in [0.2, 0.25) is 5.78 Å². The van der Waals surface area contributed by atoms with Crippen molar-refractivity contribution in [2.45, 2.75) is 0 Å². The number of aromatic nitrogens is 2. The van der Waals surface area contributed by atoms with Gasteiger partial charge >= 0.3 is 5.69 Å². The molecule has 1 aromatic rings. The summed E-state index contributed by atoms with van der Waals surface area (Å²) in [5, 5.41) is 0. The van der Waals surface area contributed by atoms with Crippen LogP contribution in [0.4, 0.5) is 5.82 Å². The molecule has 0 atom stereocenters. The van der Waals surface area contributed by atoms with Crippen LogP contribution >= 0.6 is 0 Å². The average molecular weight is 178 g/mol. The van der Waals surface area contributed by atoms with E-state index in [-0.39, 0.29) is 23.0 Å². The fraction of sp³-hybridized carbons (Fsp3) is 0.143. The zero-order valence-corrected chi connectivity index (χ0v) is 6.81. The Balaban J connectivity index is 2.75. The third-order valence-corrected chi connectivity index (χ3v) is 1.77. The lowest BCUT2D eigenvalue weighted by Gasteiger charge is -1.97. The van der Waals surface area contributed by atoms with Gasteiger partial charge in [-0.15, -0.1) is 0 Å². The van der Waals surface area contributed by atoms with Crippen LogP contribution in [0.1, 0.15) is 10.4 Å². The quantitative estimate of drug-likeness (QED) is 0.549. The fourth-order valence-electron chi connectivity index (χ4n) is 1.08. The molecule has 0 amide bonds. The molecule has 0 aromatic carbocycles. The number of fused-ring (bicyclic) bond motifs is 1. The first-order chi connectivity index (χ1) is 6.09. The molecule has 0 unspecified atom stereocenters. The van der Waals surface area contributed by atoms with Crippen LogP contribution in [0.15, 0.2) is 16.0 Å². The van der Waals surface area contributed by atoms with Gasteiger partial charge in [-0.25, -0.2) is 9.79 Å². The molecule has 0 saturated carbocycles. The molecule has 0 radical (unpaired) electrons. The van der Waals surface area contributed by atoms with Gasteiger partial charge in [0.05, 0.1) is 5.56 Å². The Morgan fingerprint density at radius 2 is 2.15 bits per heavy atom. The van der Waals surface area contributed by atoms with Crippen molar-refractivity contribution < 1.29 is 4.79 Å². The highest BCUT2D eigenvalue weighted by molar-refractivity contribution is 6.48. The molecule has 2 rings (SSSR count). The maximum Gasteiger partial charge on any atom is 0.349 e. The molecular formula is C7H6N4O2. The predicted octanol–water partition coefficient (Wildman–Crippen LogP) is -1.03. The van der Waals surface area contributed by atoms with Gasteiger partial charge in [-0.2, -0.15) is 4.98 Å². The van der Waals surface area contributed by atoms with E-state index in [0.29, 0.717) is 0 Å². The number of amidine groups is 1. The molecule has 0 spiro atoms. The number of rotatable bonds is 0. The average Bonchev–Trinajstić information content (AvgIpc) is 2.32. The van der Waals surface area contributed by atoms with Crippen molar-refractivity contribution in [3.05, 3.63) is 22.2 Å². The Morgan fingerprint density at radius 3 is 2.85 bits per heavy atom. The number of ketones is 1. The molecule has 1 aliphatic heterocycles. The summed E-state index contributed by atoms with van der Waals surface area (Å²) in [6.45, 7) is 0. The van der Waals surface area contributed by atoms with E-state index in [4.69, 9.17) is 5.73 Å². The standard InChI is InChI=1S/C7H6N4O2/c1-11-2-3-4(12)5(8)9-6(3)10-7(11)13/h2H,1H3,(H2,8,9,10,13). The summed E-state index contributed by atoms with van der Waals surface area (Å²) >= 11 is 0. The van der Waals surface area contributed by atoms with Crippen LogP contribution in [0.2, 0.25) is 0 Å². The van der Waals surface area contributed by atoms with Gasteiger partial charge in [0.1, 0.15) is 0 Å². The van der Waals surface area contributed by atoms with E-state index in [1.165, 1.54) is 17.8 Å². The van der Waals surface area contributed by atoms with E-state index in [1.807, 2.05) is 0 Å². The second-order valence-electron chi connectivity index (χ2n) is 2.70. The molecule has 2 heterocycles. The van der Waals surface area contributed by atoms with Crippen LogP contribution in [0.5, 0.6) is 0 Å². The summed E-state index contributed by atoms with van der Waals surface area (Å²) in [6.07, 6.45) is 1.39. The molecule has 1 aliphatic rings. The highest BCUT2D eigenvalue weighted by atomic mass is 16.1. The molecule has 0 fully saturated rings. The summed E-state index contributed by atoms with van der Waals surface area (Å²) < 4.78 is 1.21. The van der Waals surface area contributed by atoms with Crippen LogP contribution in [-0.4, -0.2) is 21.2 Å². The van der Waals surface area contributed by atoms with Crippen LogP contribution < -0.4 is 11.4 Å². The Kier molecular flexibility index (Phi) is 1.33. The summed E-state index contributed by atoms with van der Waals surface area (Å²) in [5.41, 5.74) is 5.10. The maximum atomic E-state index is 11.2. The number of carbonyl (C=O) groups is 1. The normalized spacial score (nSPS) is 14.2. The molecule has 6 nitrogen and oxygen atoms in total. The highest BCUT2D eigenvalue weighted by Gasteiger charge is 2.24. The SMILES string of the molecule is Cn1cc2c(nc1=O)N=C(N)C2=O. The van der Waals surface area contributed by atoms with E-state index in [1.54, 1.807) is 0 Å². The predicted molar refractivity (Wildman–Crippen MR) is 45.1 cm³/mol. The van der Waals surface area contributed by atoms with Gasteiger partial charge in [0.15, 0.2) is 11.7 Å². The molecule has 0 bridgehead atoms. The first-order valence-corrected chi connectivity index (χ1v) is 3.56. The molecule has 0 aliphatic carbocycles. The van der Waals surface area contributed by atoms with Crippen molar-refractivity contribution in [1.29, 1.82) is 0 Å². The minimum absolute atomic E-state index is 0.116. The monoisotopic (exact) mass is 178 g/mol. The topological polar surface area (TPSA) is 90.3 Å². The Bertz CT molecular complexity index is 486. The first-order valence-electron chi connectivity index (χ1n) is 3.56. The molecule has 0 saturated heterocycles. The zero-order valence-electron chi connectivity index (χ0n) is 6.81. The summed E-state index contributed by atoms with van der Waals surface area (Å²) in [4.78, 5) is 29.5. The number of aliphatic imine (C=N–C) groups is 1. The van der Waals surface area contributed by atoms with Crippen molar-refractivity contribution in [2.75, 3.05) is 0 Å². The molecule has 6 heteroatoms. The minimum Gasteiger partial charge on any atom is -0.380 e. The summed E-state index contributed by atoms with van der Waals surface area (Å²) in [6, 6.07) is 0. The van der Waals surface area contributed by atoms with E-state index in [0.717, 1.165) is 0 Å². The Morgan fingerprint density at radius 1 is 1.46 bits per heavy atom. The smallest absolute Gasteiger partial charge is 0.349 e. The van der Waals surface area contributed by atoms with Gasteiger partial charge in [-0.1, -0.05) is 0 Å². The largest absolute Gasteiger partial charge is 0.380 e. The number of nitrogens with zero attached hydrogens (tertiary/aromatic N) is 3. The third-order valence-electron chi connectivity index (χ3n) is 1.77. The van der Waals surface area contributed by atoms with E-state index in [2.05, 4.69) is 9.98 Å². The minimum atomic E-state index is -0.454. The molecular weight excluding hydrogens is 172 g/mol. The van der Waals surface area contributed by atoms with Crippen molar-refractivity contribution >= 4 is 17.4 Å². The third kappa shape index (κ3) is 0.952. The van der Waals surface area contributed by atoms with Crippen LogP contribution in [0.3, 0.4) is 0 Å². The number of aryl methyl sites for hydroxylation is 1. The number of nitrogens with two attached hydrogens (primary N) is 1. The maximum absolute atomic E-state index is 11.2. The van der Waals surface area contributed by atoms with Gasteiger partial charge in [0, 0.05) is 13.2 Å². The summed E-state index contributed by atoms with van der Waals surface area (Å²) in [7, 11) is 1.51. The van der Waals surface area contributed by atoms with Gasteiger partial charge in [-0.3, -0.25) is 4.79 Å². The number of carbonyl (C=O) groups excluding carboxylic acids is 1. The van der Waals surface area contributed by atoms with Crippen molar-refractivity contribution in [3.63, 3.8) is 0 Å². The van der Waals surface area contributed by atoms with Gasteiger partial charge in [-0.05, 0) is 0 Å².